The topological polar surface area (TPSA) is 12.5 Å². The van der Waals surface area contributed by atoms with Gasteiger partial charge in [0.1, 0.15) is 6.23 Å². The lowest BCUT2D eigenvalue weighted by atomic mass is 10.2. The molecule has 2 rings (SSSR count). The lowest BCUT2D eigenvalue weighted by Crippen LogP contribution is -2.38. The third kappa shape index (κ3) is 7.34. The van der Waals surface area contributed by atoms with E-state index in [0.29, 0.717) is 0 Å². The maximum Gasteiger partial charge on any atom is 0.462 e. The van der Waals surface area contributed by atoms with E-state index in [1.54, 1.807) is 0 Å². The van der Waals surface area contributed by atoms with E-state index in [0.717, 1.165) is 12.8 Å². The van der Waals surface area contributed by atoms with Crippen LogP contribution in [0.4, 0.5) is 11.4 Å². The first-order valence-corrected chi connectivity index (χ1v) is 12.9. The van der Waals surface area contributed by atoms with E-state index in [4.69, 9.17) is 3.79 Å². The second kappa shape index (κ2) is 13.0. The Hall–Kier alpha value is -1.27. The van der Waals surface area contributed by atoms with Gasteiger partial charge in [-0.2, -0.15) is 0 Å². The molecule has 2 aromatic rings. The van der Waals surface area contributed by atoms with Crippen molar-refractivity contribution in [1.82, 2.24) is 0 Å². The molecule has 1 unspecified atom stereocenters. The molecule has 0 bridgehead atoms. The molecule has 0 saturated heterocycles. The number of rotatable bonds is 13. The first kappa shape index (κ1) is 22.0. The van der Waals surface area contributed by atoms with Crippen LogP contribution in [-0.2, 0) is 3.79 Å². The SMILES string of the molecule is CCC[CH2][Al]([CH2]CCC)[O]C(CCC)N(c1ccccc1)c1ccccc1. The van der Waals surface area contributed by atoms with Gasteiger partial charge in [-0.05, 0) is 30.7 Å². The molecule has 0 aliphatic carbocycles. The van der Waals surface area contributed by atoms with E-state index in [-0.39, 0.29) is 6.23 Å². The molecule has 0 amide bonds. The second-order valence-corrected chi connectivity index (χ2v) is 10.00. The molecule has 2 aromatic carbocycles. The molecule has 146 valence electrons. The van der Waals surface area contributed by atoms with Gasteiger partial charge in [-0.3, -0.25) is 0 Å². The molecule has 0 fully saturated rings. The van der Waals surface area contributed by atoms with Crippen molar-refractivity contribution in [2.75, 3.05) is 4.90 Å². The summed E-state index contributed by atoms with van der Waals surface area (Å²) in [6.45, 7) is 6.84. The van der Waals surface area contributed by atoms with E-state index in [1.165, 1.54) is 47.6 Å². The van der Waals surface area contributed by atoms with Crippen LogP contribution in [0.5, 0.6) is 0 Å². The highest BCUT2D eigenvalue weighted by Gasteiger charge is 2.28. The Morgan fingerprint density at radius 2 is 1.22 bits per heavy atom. The molecule has 1 atom stereocenters. The van der Waals surface area contributed by atoms with Crippen LogP contribution in [0.3, 0.4) is 0 Å². The van der Waals surface area contributed by atoms with Crippen LogP contribution < -0.4 is 4.90 Å². The van der Waals surface area contributed by atoms with Crippen LogP contribution in [0.15, 0.2) is 60.7 Å². The van der Waals surface area contributed by atoms with Crippen LogP contribution in [0.2, 0.25) is 10.6 Å². The normalized spacial score (nSPS) is 12.0. The molecule has 0 N–H and O–H groups in total. The number of para-hydroxylation sites is 2. The van der Waals surface area contributed by atoms with E-state index >= 15 is 0 Å². The highest BCUT2D eigenvalue weighted by molar-refractivity contribution is 6.51. The van der Waals surface area contributed by atoms with Crippen molar-refractivity contribution in [3.05, 3.63) is 60.7 Å². The van der Waals surface area contributed by atoms with Gasteiger partial charge in [-0.15, -0.1) is 0 Å². The summed E-state index contributed by atoms with van der Waals surface area (Å²) in [5.74, 6) is 0. The van der Waals surface area contributed by atoms with E-state index in [1.807, 2.05) is 0 Å². The average Bonchev–Trinajstić information content (AvgIpc) is 2.72. The quantitative estimate of drug-likeness (QED) is 0.262. The average molecular weight is 382 g/mol. The Bertz CT molecular complexity index is 557. The first-order valence-electron chi connectivity index (χ1n) is 10.8. The van der Waals surface area contributed by atoms with Gasteiger partial charge < -0.3 is 8.69 Å². The predicted octanol–water partition coefficient (Wildman–Crippen LogP) is 7.56. The minimum Gasteiger partial charge on any atom is -0.482 e. The van der Waals surface area contributed by atoms with Gasteiger partial charge in [0.15, 0.2) is 0 Å². The van der Waals surface area contributed by atoms with E-state index in [2.05, 4.69) is 86.3 Å². The fourth-order valence-corrected chi connectivity index (χ4v) is 6.52. The van der Waals surface area contributed by atoms with E-state index in [9.17, 15) is 0 Å². The van der Waals surface area contributed by atoms with Crippen molar-refractivity contribution in [1.29, 1.82) is 0 Å². The van der Waals surface area contributed by atoms with Gasteiger partial charge in [0.2, 0.25) is 0 Å². The molecular formula is C24H36AlNO. The minimum absolute atomic E-state index is 0.130. The fraction of sp³-hybridized carbons (Fsp3) is 0.500. The summed E-state index contributed by atoms with van der Waals surface area (Å²) in [4.78, 5) is 2.42. The molecule has 2 nitrogen and oxygen atoms in total. The van der Waals surface area contributed by atoms with Crippen molar-refractivity contribution in [3.8, 4) is 0 Å². The van der Waals surface area contributed by atoms with E-state index < -0.39 is 14.5 Å². The van der Waals surface area contributed by atoms with Crippen LogP contribution in [-0.4, -0.2) is 20.7 Å². The lowest BCUT2D eigenvalue weighted by molar-refractivity contribution is 0.193. The number of anilines is 2. The summed E-state index contributed by atoms with van der Waals surface area (Å²) in [6.07, 6.45) is 7.45. The maximum absolute atomic E-state index is 6.93. The molecule has 0 spiro atoms. The van der Waals surface area contributed by atoms with Gasteiger partial charge >= 0.3 is 14.5 Å². The van der Waals surface area contributed by atoms with Crippen LogP contribution in [0.1, 0.15) is 59.3 Å². The molecule has 0 aliphatic rings. The summed E-state index contributed by atoms with van der Waals surface area (Å²) in [7, 11) is 0. The molecule has 0 aliphatic heterocycles. The summed E-state index contributed by atoms with van der Waals surface area (Å²) in [5, 5.41) is 2.60. The van der Waals surface area contributed by atoms with Crippen molar-refractivity contribution in [2.24, 2.45) is 0 Å². The number of nitrogens with zero attached hydrogens (tertiary/aromatic N) is 1. The number of hydrogen-bond acceptors (Lipinski definition) is 2. The Balaban J connectivity index is 2.29. The first-order chi connectivity index (χ1) is 13.3. The van der Waals surface area contributed by atoms with Gasteiger partial charge in [0, 0.05) is 11.4 Å². The van der Waals surface area contributed by atoms with Crippen LogP contribution >= 0.6 is 0 Å². The highest BCUT2D eigenvalue weighted by atomic mass is 27.2. The zero-order valence-corrected chi connectivity index (χ0v) is 18.6. The summed E-state index contributed by atoms with van der Waals surface area (Å²) in [6, 6.07) is 21.5. The Kier molecular flexibility index (Phi) is 10.6. The zero-order valence-electron chi connectivity index (χ0n) is 17.4. The Morgan fingerprint density at radius 1 is 0.741 bits per heavy atom. The molecule has 0 heterocycles. The summed E-state index contributed by atoms with van der Waals surface area (Å²) in [5.41, 5.74) is 2.45. The molecule has 0 aromatic heterocycles. The molecule has 0 saturated carbocycles. The van der Waals surface area contributed by atoms with Gasteiger partial charge in [-0.1, -0.05) is 99.8 Å². The highest BCUT2D eigenvalue weighted by Crippen LogP contribution is 2.31. The van der Waals surface area contributed by atoms with Gasteiger partial charge in [-0.25, -0.2) is 0 Å². The summed E-state index contributed by atoms with van der Waals surface area (Å²) < 4.78 is 6.93. The van der Waals surface area contributed by atoms with Gasteiger partial charge in [0.25, 0.3) is 0 Å². The smallest absolute Gasteiger partial charge is 0.462 e. The van der Waals surface area contributed by atoms with Crippen molar-refractivity contribution in [3.63, 3.8) is 0 Å². The molecular weight excluding hydrogens is 345 g/mol. The molecule has 0 radical (unpaired) electrons. The van der Waals surface area contributed by atoms with Crippen LogP contribution in [0, 0.1) is 0 Å². The molecule has 27 heavy (non-hydrogen) atoms. The van der Waals surface area contributed by atoms with Gasteiger partial charge in [0.05, 0.1) is 0 Å². The second-order valence-electron chi connectivity index (χ2n) is 7.33. The zero-order chi connectivity index (χ0) is 19.3. The lowest BCUT2D eigenvalue weighted by Gasteiger charge is -2.36. The number of benzene rings is 2. The molecule has 3 heteroatoms. The maximum atomic E-state index is 6.93. The number of unbranched alkanes of at least 4 members (excludes halogenated alkanes) is 2. The third-order valence-electron chi connectivity index (χ3n) is 5.00. The van der Waals surface area contributed by atoms with Crippen molar-refractivity contribution in [2.45, 2.75) is 76.1 Å². The van der Waals surface area contributed by atoms with Crippen molar-refractivity contribution < 1.29 is 3.79 Å². The monoisotopic (exact) mass is 381 g/mol. The third-order valence-corrected chi connectivity index (χ3v) is 7.80. The minimum atomic E-state index is -1.20. The van der Waals surface area contributed by atoms with Crippen molar-refractivity contribution >= 4 is 25.9 Å². The Morgan fingerprint density at radius 3 is 1.63 bits per heavy atom. The fourth-order valence-electron chi connectivity index (χ4n) is 3.53. The standard InChI is InChI=1S/C16H18NO.2C4H9.Al/c1-2-9-16(18)17(14-10-5-3-6-11-14)15-12-7-4-8-13-15;2*1-3-4-2;/h3-8,10-13,16H,2,9H2,1H3;2*1,3-4H2,2H3;/q-1;;;+1. The predicted molar refractivity (Wildman–Crippen MR) is 120 cm³/mol. The summed E-state index contributed by atoms with van der Waals surface area (Å²) >= 11 is -1.20. The largest absolute Gasteiger partial charge is 0.482 e. The number of hydrogen-bond donors (Lipinski definition) is 0. The Labute approximate surface area is 171 Å². The van der Waals surface area contributed by atoms with Crippen LogP contribution in [0.25, 0.3) is 0 Å².